The Kier molecular flexibility index (Phi) is 9.19. The molecule has 0 aromatic heterocycles. The Bertz CT molecular complexity index is 681. The van der Waals surface area contributed by atoms with E-state index in [9.17, 15) is 4.79 Å². The third-order valence-electron chi connectivity index (χ3n) is 5.14. The minimum atomic E-state index is -0.327. The van der Waals surface area contributed by atoms with Crippen LogP contribution >= 0.6 is 0 Å². The lowest BCUT2D eigenvalue weighted by Gasteiger charge is -2.11. The lowest BCUT2D eigenvalue weighted by Crippen LogP contribution is -2.14. The summed E-state index contributed by atoms with van der Waals surface area (Å²) in [6.45, 7) is 0.328. The number of hydrogen-bond donors (Lipinski definition) is 2. The van der Waals surface area contributed by atoms with Crippen LogP contribution in [-0.4, -0.2) is 17.6 Å². The first-order chi connectivity index (χ1) is 12.7. The van der Waals surface area contributed by atoms with Crippen LogP contribution in [0, 0.1) is 0 Å². The Labute approximate surface area is 157 Å². The van der Waals surface area contributed by atoms with Gasteiger partial charge in [0.05, 0.1) is 0 Å². The molecule has 0 spiro atoms. The fourth-order valence-corrected chi connectivity index (χ4v) is 3.66. The summed E-state index contributed by atoms with van der Waals surface area (Å²) >= 11 is 0. The maximum Gasteiger partial charge on any atom is 0.248 e. The molecule has 0 aliphatic heterocycles. The van der Waals surface area contributed by atoms with Crippen LogP contribution in [0.15, 0.2) is 36.4 Å². The van der Waals surface area contributed by atoms with E-state index >= 15 is 0 Å². The van der Waals surface area contributed by atoms with Gasteiger partial charge in [-0.1, -0.05) is 81.7 Å². The molecule has 0 aliphatic rings. The first kappa shape index (κ1) is 20.4. The second-order valence-electron chi connectivity index (χ2n) is 7.19. The Balaban J connectivity index is 1.72. The molecule has 0 bridgehead atoms. The van der Waals surface area contributed by atoms with E-state index in [0.29, 0.717) is 12.2 Å². The highest BCUT2D eigenvalue weighted by molar-refractivity contribution is 6.00. The second-order valence-corrected chi connectivity index (χ2v) is 7.19. The van der Waals surface area contributed by atoms with Gasteiger partial charge in [-0.15, -0.1) is 0 Å². The summed E-state index contributed by atoms with van der Waals surface area (Å²) in [6.07, 6.45) is 13.0. The Morgan fingerprint density at radius 3 is 1.96 bits per heavy atom. The molecule has 0 unspecified atom stereocenters. The Morgan fingerprint density at radius 1 is 0.769 bits per heavy atom. The van der Waals surface area contributed by atoms with Gasteiger partial charge in [0.2, 0.25) is 5.91 Å². The van der Waals surface area contributed by atoms with E-state index < -0.39 is 0 Å². The molecule has 26 heavy (non-hydrogen) atoms. The van der Waals surface area contributed by atoms with Gasteiger partial charge in [-0.2, -0.15) is 0 Å². The number of hydrogen-bond acceptors (Lipinski definition) is 2. The second kappa shape index (κ2) is 11.7. The number of fused-ring (bicyclic) bond motifs is 1. The van der Waals surface area contributed by atoms with E-state index in [1.165, 1.54) is 50.3 Å². The van der Waals surface area contributed by atoms with Gasteiger partial charge >= 0.3 is 0 Å². The largest absolute Gasteiger partial charge is 0.396 e. The molecular formula is C23H33NO2. The Morgan fingerprint density at radius 2 is 1.35 bits per heavy atom. The summed E-state index contributed by atoms with van der Waals surface area (Å²) in [7, 11) is 0. The summed E-state index contributed by atoms with van der Waals surface area (Å²) in [4.78, 5) is 11.8. The van der Waals surface area contributed by atoms with Crippen molar-refractivity contribution in [3.05, 3.63) is 47.5 Å². The number of unbranched alkanes of at least 4 members (excludes halogenated alkanes) is 9. The van der Waals surface area contributed by atoms with Gasteiger partial charge in [0.25, 0.3) is 0 Å². The predicted molar refractivity (Wildman–Crippen MR) is 109 cm³/mol. The number of aliphatic hydroxyl groups excluding tert-OH is 1. The van der Waals surface area contributed by atoms with Crippen molar-refractivity contribution in [3.8, 4) is 0 Å². The molecule has 0 radical (unpaired) electrons. The monoisotopic (exact) mass is 355 g/mol. The summed E-state index contributed by atoms with van der Waals surface area (Å²) < 4.78 is 0. The maximum absolute atomic E-state index is 11.8. The van der Waals surface area contributed by atoms with Crippen molar-refractivity contribution in [1.82, 2.24) is 0 Å². The van der Waals surface area contributed by atoms with E-state index in [0.717, 1.165) is 36.6 Å². The van der Waals surface area contributed by atoms with Gasteiger partial charge in [-0.05, 0) is 41.7 Å². The van der Waals surface area contributed by atoms with E-state index in [-0.39, 0.29) is 5.91 Å². The normalized spacial score (nSPS) is 11.1. The van der Waals surface area contributed by atoms with E-state index in [1.807, 2.05) is 24.3 Å². The fourth-order valence-electron chi connectivity index (χ4n) is 3.66. The third-order valence-corrected chi connectivity index (χ3v) is 5.14. The number of benzene rings is 2. The lowest BCUT2D eigenvalue weighted by atomic mass is 9.94. The van der Waals surface area contributed by atoms with Crippen LogP contribution in [0.4, 0.5) is 0 Å². The third kappa shape index (κ3) is 6.45. The molecule has 2 aromatic carbocycles. The average Bonchev–Trinajstić information content (AvgIpc) is 2.65. The molecule has 3 heteroatoms. The quantitative estimate of drug-likeness (QED) is 0.474. The van der Waals surface area contributed by atoms with Gasteiger partial charge in [-0.3, -0.25) is 4.79 Å². The SMILES string of the molecule is NC(=O)c1ccc2ccccc2c1CCCCCCCCCCCCO. The van der Waals surface area contributed by atoms with Crippen LogP contribution in [0.25, 0.3) is 10.8 Å². The highest BCUT2D eigenvalue weighted by atomic mass is 16.2. The van der Waals surface area contributed by atoms with Crippen molar-refractivity contribution < 1.29 is 9.90 Å². The number of nitrogens with two attached hydrogens (primary N) is 1. The zero-order chi connectivity index (χ0) is 18.6. The zero-order valence-corrected chi connectivity index (χ0v) is 15.9. The van der Waals surface area contributed by atoms with Crippen molar-refractivity contribution >= 4 is 16.7 Å². The molecule has 0 saturated heterocycles. The van der Waals surface area contributed by atoms with E-state index in [1.54, 1.807) is 0 Å². The van der Waals surface area contributed by atoms with Crippen LogP contribution in [0.3, 0.4) is 0 Å². The molecule has 0 atom stereocenters. The van der Waals surface area contributed by atoms with Crippen LogP contribution in [0.5, 0.6) is 0 Å². The van der Waals surface area contributed by atoms with E-state index in [2.05, 4.69) is 12.1 Å². The first-order valence-corrected chi connectivity index (χ1v) is 10.2. The van der Waals surface area contributed by atoms with E-state index in [4.69, 9.17) is 10.8 Å². The molecule has 0 fully saturated rings. The highest BCUT2D eigenvalue weighted by Crippen LogP contribution is 2.24. The first-order valence-electron chi connectivity index (χ1n) is 10.2. The number of carbonyl (C=O) groups excluding carboxylic acids is 1. The minimum Gasteiger partial charge on any atom is -0.396 e. The number of amides is 1. The fraction of sp³-hybridized carbons (Fsp3) is 0.522. The predicted octanol–water partition coefficient (Wildman–Crippen LogP) is 5.37. The number of aliphatic hydroxyl groups is 1. The molecule has 1 amide bonds. The van der Waals surface area contributed by atoms with Gasteiger partial charge in [0.15, 0.2) is 0 Å². The van der Waals surface area contributed by atoms with Crippen molar-refractivity contribution in [2.45, 2.75) is 70.6 Å². The molecule has 3 N–H and O–H groups in total. The van der Waals surface area contributed by atoms with Gasteiger partial charge in [0, 0.05) is 12.2 Å². The summed E-state index contributed by atoms with van der Waals surface area (Å²) in [6, 6.07) is 12.1. The molecule has 2 rings (SSSR count). The topological polar surface area (TPSA) is 63.3 Å². The van der Waals surface area contributed by atoms with Crippen LogP contribution in [0.2, 0.25) is 0 Å². The maximum atomic E-state index is 11.8. The molecule has 2 aromatic rings. The molecule has 0 heterocycles. The van der Waals surface area contributed by atoms with Crippen molar-refractivity contribution in [2.75, 3.05) is 6.61 Å². The lowest BCUT2D eigenvalue weighted by molar-refractivity contribution is 0.0999. The molecular weight excluding hydrogens is 322 g/mol. The van der Waals surface area contributed by atoms with Crippen molar-refractivity contribution in [3.63, 3.8) is 0 Å². The summed E-state index contributed by atoms with van der Waals surface area (Å²) in [5.74, 6) is -0.327. The summed E-state index contributed by atoms with van der Waals surface area (Å²) in [5, 5.41) is 11.1. The van der Waals surface area contributed by atoms with Crippen LogP contribution in [-0.2, 0) is 6.42 Å². The van der Waals surface area contributed by atoms with Crippen LogP contribution in [0.1, 0.15) is 80.1 Å². The minimum absolute atomic E-state index is 0.327. The summed E-state index contributed by atoms with van der Waals surface area (Å²) in [5.41, 5.74) is 7.36. The number of aryl methyl sites for hydroxylation is 1. The van der Waals surface area contributed by atoms with Gasteiger partial charge in [-0.25, -0.2) is 0 Å². The molecule has 0 saturated carbocycles. The smallest absolute Gasteiger partial charge is 0.248 e. The van der Waals surface area contributed by atoms with Gasteiger partial charge in [0.1, 0.15) is 0 Å². The van der Waals surface area contributed by atoms with Crippen molar-refractivity contribution in [1.29, 1.82) is 0 Å². The molecule has 3 nitrogen and oxygen atoms in total. The number of carbonyl (C=O) groups is 1. The molecule has 142 valence electrons. The van der Waals surface area contributed by atoms with Gasteiger partial charge < -0.3 is 10.8 Å². The number of primary amides is 1. The highest BCUT2D eigenvalue weighted by Gasteiger charge is 2.11. The van der Waals surface area contributed by atoms with Crippen LogP contribution < -0.4 is 5.73 Å². The number of rotatable bonds is 13. The standard InChI is InChI=1S/C23H33NO2/c24-23(26)22-17-16-19-13-10-11-14-20(19)21(22)15-9-7-5-3-1-2-4-6-8-12-18-25/h10-11,13-14,16-17,25H,1-9,12,15,18H2,(H2,24,26). The zero-order valence-electron chi connectivity index (χ0n) is 15.9. The Hall–Kier alpha value is -1.87. The molecule has 0 aliphatic carbocycles. The average molecular weight is 356 g/mol. The van der Waals surface area contributed by atoms with Crippen molar-refractivity contribution in [2.24, 2.45) is 5.73 Å².